The van der Waals surface area contributed by atoms with Crippen molar-refractivity contribution in [2.75, 3.05) is 0 Å². The van der Waals surface area contributed by atoms with Crippen LogP contribution in [0.25, 0.3) is 11.3 Å². The zero-order valence-electron chi connectivity index (χ0n) is 8.35. The molecule has 0 aliphatic heterocycles. The summed E-state index contributed by atoms with van der Waals surface area (Å²) in [4.78, 5) is 10.6. The summed E-state index contributed by atoms with van der Waals surface area (Å²) in [6, 6.07) is 1.49. The highest BCUT2D eigenvalue weighted by Gasteiger charge is 2.12. The fourth-order valence-electron chi connectivity index (χ4n) is 1.42. The van der Waals surface area contributed by atoms with Crippen LogP contribution >= 0.6 is 0 Å². The van der Waals surface area contributed by atoms with E-state index >= 15 is 0 Å². The zero-order chi connectivity index (χ0) is 11.0. The smallest absolute Gasteiger partial charge is 0.353 e. The fraction of sp³-hybridized carbons (Fsp3) is 0.222. The van der Waals surface area contributed by atoms with Gasteiger partial charge in [0.05, 0.1) is 11.4 Å². The summed E-state index contributed by atoms with van der Waals surface area (Å²) in [6.45, 7) is 1.85. The average molecular weight is 206 g/mol. The Hall–Kier alpha value is -2.11. The number of aryl methyl sites for hydroxylation is 2. The Morgan fingerprint density at radius 2 is 2.33 bits per heavy atom. The van der Waals surface area contributed by atoms with Crippen LogP contribution in [-0.4, -0.2) is 31.1 Å². The maximum atomic E-state index is 10.6. The van der Waals surface area contributed by atoms with E-state index in [0.29, 0.717) is 5.69 Å². The van der Waals surface area contributed by atoms with Crippen LogP contribution in [-0.2, 0) is 7.05 Å². The van der Waals surface area contributed by atoms with Crippen LogP contribution < -0.4 is 0 Å². The average Bonchev–Trinajstić information content (AvgIpc) is 2.71. The number of hydrogen-bond acceptors (Lipinski definition) is 3. The molecule has 0 fully saturated rings. The van der Waals surface area contributed by atoms with Gasteiger partial charge in [-0.2, -0.15) is 10.2 Å². The minimum atomic E-state index is -1.02. The van der Waals surface area contributed by atoms with Gasteiger partial charge in [-0.3, -0.25) is 9.78 Å². The van der Waals surface area contributed by atoms with Crippen molar-refractivity contribution in [2.45, 2.75) is 6.92 Å². The number of hydrogen-bond donors (Lipinski definition) is 2. The first-order valence-electron chi connectivity index (χ1n) is 4.37. The summed E-state index contributed by atoms with van der Waals surface area (Å²) >= 11 is 0. The predicted molar refractivity (Wildman–Crippen MR) is 52.5 cm³/mol. The van der Waals surface area contributed by atoms with Crippen molar-refractivity contribution in [3.63, 3.8) is 0 Å². The monoisotopic (exact) mass is 206 g/mol. The number of H-pyrrole nitrogens is 1. The third-order valence-electron chi connectivity index (χ3n) is 2.10. The van der Waals surface area contributed by atoms with Crippen molar-refractivity contribution in [2.24, 2.45) is 7.05 Å². The molecule has 0 aliphatic carbocycles. The molecule has 0 unspecified atom stereocenters. The Morgan fingerprint density at radius 3 is 2.80 bits per heavy atom. The van der Waals surface area contributed by atoms with Gasteiger partial charge in [0.25, 0.3) is 0 Å². The maximum Gasteiger partial charge on any atom is 0.353 e. The number of rotatable bonds is 2. The van der Waals surface area contributed by atoms with Crippen molar-refractivity contribution < 1.29 is 9.90 Å². The zero-order valence-corrected chi connectivity index (χ0v) is 8.35. The number of carbonyl (C=O) groups is 1. The summed E-state index contributed by atoms with van der Waals surface area (Å²) in [5, 5.41) is 19.3. The Labute approximate surface area is 85.5 Å². The number of aromatic amines is 1. The van der Waals surface area contributed by atoms with Crippen LogP contribution in [0.4, 0.5) is 0 Å². The lowest BCUT2D eigenvalue weighted by Gasteiger charge is -1.88. The highest BCUT2D eigenvalue weighted by atomic mass is 16.4. The SMILES string of the molecule is Cc1nn(C)cc1-c1cc(C(=O)O)[nH]n1. The molecule has 0 radical (unpaired) electrons. The normalized spacial score (nSPS) is 10.5. The first-order valence-corrected chi connectivity index (χ1v) is 4.37. The van der Waals surface area contributed by atoms with E-state index in [2.05, 4.69) is 15.3 Å². The quantitative estimate of drug-likeness (QED) is 0.761. The van der Waals surface area contributed by atoms with Crippen LogP contribution in [0, 0.1) is 6.92 Å². The Morgan fingerprint density at radius 1 is 1.60 bits per heavy atom. The Bertz CT molecular complexity index is 512. The van der Waals surface area contributed by atoms with Gasteiger partial charge >= 0.3 is 5.97 Å². The third-order valence-corrected chi connectivity index (χ3v) is 2.10. The van der Waals surface area contributed by atoms with E-state index in [-0.39, 0.29) is 5.69 Å². The highest BCUT2D eigenvalue weighted by Crippen LogP contribution is 2.20. The number of nitrogens with one attached hydrogen (secondary N) is 1. The summed E-state index contributed by atoms with van der Waals surface area (Å²) in [6.07, 6.45) is 1.80. The minimum absolute atomic E-state index is 0.0771. The second kappa shape index (κ2) is 3.23. The molecule has 0 aromatic carbocycles. The summed E-state index contributed by atoms with van der Waals surface area (Å²) in [7, 11) is 1.81. The third kappa shape index (κ3) is 1.61. The van der Waals surface area contributed by atoms with Gasteiger partial charge in [-0.05, 0) is 13.0 Å². The summed E-state index contributed by atoms with van der Waals surface area (Å²) in [5.74, 6) is -1.02. The molecule has 0 saturated carbocycles. The first-order chi connectivity index (χ1) is 7.08. The molecule has 6 heteroatoms. The number of carboxylic acids is 1. The molecule has 0 amide bonds. The van der Waals surface area contributed by atoms with Crippen LogP contribution in [0.15, 0.2) is 12.3 Å². The molecule has 2 rings (SSSR count). The van der Waals surface area contributed by atoms with Gasteiger partial charge in [0.2, 0.25) is 0 Å². The summed E-state index contributed by atoms with van der Waals surface area (Å²) in [5.41, 5.74) is 2.33. The van der Waals surface area contributed by atoms with E-state index in [4.69, 9.17) is 5.11 Å². The molecule has 0 atom stereocenters. The van der Waals surface area contributed by atoms with Crippen LogP contribution in [0.1, 0.15) is 16.2 Å². The topological polar surface area (TPSA) is 83.8 Å². The second-order valence-electron chi connectivity index (χ2n) is 3.27. The molecule has 2 heterocycles. The predicted octanol–water partition coefficient (Wildman–Crippen LogP) is 0.817. The van der Waals surface area contributed by atoms with Crippen molar-refractivity contribution in [1.82, 2.24) is 20.0 Å². The lowest BCUT2D eigenvalue weighted by Crippen LogP contribution is -1.95. The van der Waals surface area contributed by atoms with Gasteiger partial charge in [-0.15, -0.1) is 0 Å². The molecular formula is C9H10N4O2. The molecular weight excluding hydrogens is 196 g/mol. The minimum Gasteiger partial charge on any atom is -0.477 e. The highest BCUT2D eigenvalue weighted by molar-refractivity contribution is 5.86. The molecule has 2 N–H and O–H groups in total. The largest absolute Gasteiger partial charge is 0.477 e. The van der Waals surface area contributed by atoms with Gasteiger partial charge in [-0.25, -0.2) is 4.79 Å². The number of nitrogens with zero attached hydrogens (tertiary/aromatic N) is 3. The van der Waals surface area contributed by atoms with Crippen LogP contribution in [0.2, 0.25) is 0 Å². The number of carboxylic acid groups (broad SMARTS) is 1. The fourth-order valence-corrected chi connectivity index (χ4v) is 1.42. The van der Waals surface area contributed by atoms with E-state index in [1.807, 2.05) is 6.92 Å². The molecule has 78 valence electrons. The molecule has 0 aliphatic rings. The molecule has 15 heavy (non-hydrogen) atoms. The van der Waals surface area contributed by atoms with Gasteiger partial charge in [0.15, 0.2) is 0 Å². The van der Waals surface area contributed by atoms with E-state index in [0.717, 1.165) is 11.3 Å². The van der Waals surface area contributed by atoms with Crippen LogP contribution in [0.5, 0.6) is 0 Å². The van der Waals surface area contributed by atoms with E-state index in [1.165, 1.54) is 6.07 Å². The first kappa shape index (κ1) is 9.45. The van der Waals surface area contributed by atoms with Gasteiger partial charge in [-0.1, -0.05) is 0 Å². The lowest BCUT2D eigenvalue weighted by molar-refractivity contribution is 0.0690. The molecule has 2 aromatic heterocycles. The Balaban J connectivity index is 2.45. The van der Waals surface area contributed by atoms with Crippen molar-refractivity contribution in [3.05, 3.63) is 23.7 Å². The summed E-state index contributed by atoms with van der Waals surface area (Å²) < 4.78 is 1.67. The van der Waals surface area contributed by atoms with E-state index < -0.39 is 5.97 Å². The molecule has 0 bridgehead atoms. The van der Waals surface area contributed by atoms with Gasteiger partial charge in [0, 0.05) is 18.8 Å². The second-order valence-corrected chi connectivity index (χ2v) is 3.27. The molecule has 0 saturated heterocycles. The van der Waals surface area contributed by atoms with Crippen molar-refractivity contribution in [3.8, 4) is 11.3 Å². The maximum absolute atomic E-state index is 10.6. The van der Waals surface area contributed by atoms with E-state index in [9.17, 15) is 4.79 Å². The Kier molecular flexibility index (Phi) is 2.03. The van der Waals surface area contributed by atoms with Crippen molar-refractivity contribution in [1.29, 1.82) is 0 Å². The number of aromatic nitrogens is 4. The van der Waals surface area contributed by atoms with E-state index in [1.54, 1.807) is 17.9 Å². The lowest BCUT2D eigenvalue weighted by atomic mass is 10.2. The molecule has 2 aromatic rings. The molecule has 0 spiro atoms. The standard InChI is InChI=1S/C9H10N4O2/c1-5-6(4-13(2)12-5)7-3-8(9(14)15)11-10-7/h3-4H,1-2H3,(H,10,11)(H,14,15). The van der Waals surface area contributed by atoms with Crippen LogP contribution in [0.3, 0.4) is 0 Å². The van der Waals surface area contributed by atoms with Gasteiger partial charge < -0.3 is 5.11 Å². The number of aromatic carboxylic acids is 1. The van der Waals surface area contributed by atoms with Gasteiger partial charge in [0.1, 0.15) is 5.69 Å². The molecule has 6 nitrogen and oxygen atoms in total. The van der Waals surface area contributed by atoms with Crippen molar-refractivity contribution >= 4 is 5.97 Å².